The van der Waals surface area contributed by atoms with Crippen LogP contribution < -0.4 is 14.4 Å². The topological polar surface area (TPSA) is 106 Å². The standard InChI is InChI=1S/C28H30N2O7/c1-3-4-12-29-20-9-6-5-8-19(20)28(27(29)34)23(25(32)26(33)30(28)13-7-14-35-2)24(31)18-10-11-21-22(17-18)37-16-15-36-21/h5-6,8-11,17,31H,3-4,7,12-16H2,1-2H3/t28-/m1/s1. The number of fused-ring (bicyclic) bond motifs is 3. The number of ether oxygens (including phenoxy) is 3. The average molecular weight is 507 g/mol. The van der Waals surface area contributed by atoms with Crippen LogP contribution in [0.25, 0.3) is 5.76 Å². The van der Waals surface area contributed by atoms with Crippen LogP contribution >= 0.6 is 0 Å². The van der Waals surface area contributed by atoms with E-state index in [0.29, 0.717) is 55.5 Å². The van der Waals surface area contributed by atoms with E-state index in [1.54, 1.807) is 42.3 Å². The normalized spacial score (nSPS) is 21.7. The summed E-state index contributed by atoms with van der Waals surface area (Å²) in [6, 6.07) is 12.0. The van der Waals surface area contributed by atoms with E-state index in [-0.39, 0.29) is 17.7 Å². The van der Waals surface area contributed by atoms with Crippen molar-refractivity contribution >= 4 is 29.0 Å². The summed E-state index contributed by atoms with van der Waals surface area (Å²) >= 11 is 0. The number of likely N-dealkylation sites (tertiary alicyclic amines) is 1. The lowest BCUT2D eigenvalue weighted by Crippen LogP contribution is -2.52. The molecule has 9 nitrogen and oxygen atoms in total. The third-order valence-electron chi connectivity index (χ3n) is 7.09. The van der Waals surface area contributed by atoms with E-state index in [2.05, 4.69) is 0 Å². The fourth-order valence-electron chi connectivity index (χ4n) is 5.41. The second-order valence-corrected chi connectivity index (χ2v) is 9.25. The fraction of sp³-hybridized carbons (Fsp3) is 0.393. The Morgan fingerprint density at radius 1 is 1.03 bits per heavy atom. The summed E-state index contributed by atoms with van der Waals surface area (Å²) in [6.45, 7) is 3.67. The first kappa shape index (κ1) is 24.8. The molecule has 3 aliphatic heterocycles. The van der Waals surface area contributed by atoms with Gasteiger partial charge in [-0.1, -0.05) is 31.5 Å². The summed E-state index contributed by atoms with van der Waals surface area (Å²) in [4.78, 5) is 44.4. The van der Waals surface area contributed by atoms with Crippen molar-refractivity contribution in [1.29, 1.82) is 0 Å². The number of rotatable bonds is 8. The largest absolute Gasteiger partial charge is 0.507 e. The quantitative estimate of drug-likeness (QED) is 0.254. The highest BCUT2D eigenvalue weighted by molar-refractivity contribution is 6.50. The molecule has 0 aromatic heterocycles. The summed E-state index contributed by atoms with van der Waals surface area (Å²) in [7, 11) is 1.55. The smallest absolute Gasteiger partial charge is 0.296 e. The molecule has 1 saturated heterocycles. The number of anilines is 1. The molecular weight excluding hydrogens is 476 g/mol. The molecule has 1 fully saturated rings. The van der Waals surface area contributed by atoms with Crippen molar-refractivity contribution in [3.05, 3.63) is 59.2 Å². The van der Waals surface area contributed by atoms with Crippen molar-refractivity contribution in [2.45, 2.75) is 31.7 Å². The molecule has 0 unspecified atom stereocenters. The zero-order valence-corrected chi connectivity index (χ0v) is 21.0. The van der Waals surface area contributed by atoms with Crippen LogP contribution in [0.1, 0.15) is 37.3 Å². The Balaban J connectivity index is 1.74. The third-order valence-corrected chi connectivity index (χ3v) is 7.09. The highest BCUT2D eigenvalue weighted by Crippen LogP contribution is 2.54. The number of hydrogen-bond acceptors (Lipinski definition) is 7. The Kier molecular flexibility index (Phi) is 6.64. The van der Waals surface area contributed by atoms with E-state index < -0.39 is 28.9 Å². The Labute approximate surface area is 215 Å². The maximum atomic E-state index is 14.4. The minimum atomic E-state index is -1.77. The van der Waals surface area contributed by atoms with Gasteiger partial charge in [0.25, 0.3) is 17.6 Å². The average Bonchev–Trinajstić information content (AvgIpc) is 3.30. The number of para-hydroxylation sites is 1. The number of hydrogen-bond donors (Lipinski definition) is 1. The Morgan fingerprint density at radius 3 is 2.54 bits per heavy atom. The van der Waals surface area contributed by atoms with Gasteiger partial charge >= 0.3 is 0 Å². The van der Waals surface area contributed by atoms with Crippen LogP contribution in [-0.4, -0.2) is 67.6 Å². The van der Waals surface area contributed by atoms with Crippen LogP contribution in [0, 0.1) is 0 Å². The van der Waals surface area contributed by atoms with Crippen molar-refractivity contribution in [1.82, 2.24) is 4.90 Å². The first-order chi connectivity index (χ1) is 18.0. The van der Waals surface area contributed by atoms with Gasteiger partial charge in [-0.25, -0.2) is 0 Å². The zero-order valence-electron chi connectivity index (χ0n) is 21.0. The molecule has 2 aromatic rings. The predicted octanol–water partition coefficient (Wildman–Crippen LogP) is 3.22. The molecule has 2 aromatic carbocycles. The van der Waals surface area contributed by atoms with Gasteiger partial charge in [-0.2, -0.15) is 0 Å². The van der Waals surface area contributed by atoms with Crippen molar-refractivity contribution < 1.29 is 33.7 Å². The number of carbonyl (C=O) groups excluding carboxylic acids is 3. The van der Waals surface area contributed by atoms with Crippen molar-refractivity contribution in [2.75, 3.05) is 44.9 Å². The lowest BCUT2D eigenvalue weighted by atomic mass is 9.81. The molecular formula is C28H30N2O7. The van der Waals surface area contributed by atoms with Gasteiger partial charge in [0.15, 0.2) is 17.0 Å². The van der Waals surface area contributed by atoms with E-state index in [0.717, 1.165) is 12.8 Å². The Morgan fingerprint density at radius 2 is 1.78 bits per heavy atom. The molecule has 194 valence electrons. The van der Waals surface area contributed by atoms with Crippen LogP contribution in [0.4, 0.5) is 5.69 Å². The van der Waals surface area contributed by atoms with E-state index in [1.165, 1.54) is 4.90 Å². The van der Waals surface area contributed by atoms with Gasteiger partial charge in [0.1, 0.15) is 19.0 Å². The number of Topliss-reactive ketones (excluding diaryl/α,β-unsaturated/α-hetero) is 1. The lowest BCUT2D eigenvalue weighted by Gasteiger charge is -2.34. The van der Waals surface area contributed by atoms with Gasteiger partial charge in [-0.05, 0) is 37.1 Å². The maximum absolute atomic E-state index is 14.4. The van der Waals surface area contributed by atoms with Crippen LogP contribution in [0.3, 0.4) is 0 Å². The van der Waals surface area contributed by atoms with Gasteiger partial charge in [-0.3, -0.25) is 14.4 Å². The van der Waals surface area contributed by atoms with Gasteiger partial charge in [-0.15, -0.1) is 0 Å². The number of aliphatic hydroxyl groups excluding tert-OH is 1. The van der Waals surface area contributed by atoms with E-state index in [4.69, 9.17) is 14.2 Å². The first-order valence-corrected chi connectivity index (χ1v) is 12.6. The maximum Gasteiger partial charge on any atom is 0.296 e. The van der Waals surface area contributed by atoms with Crippen LogP contribution in [0.15, 0.2) is 48.0 Å². The Bertz CT molecular complexity index is 1290. The molecule has 0 bridgehead atoms. The summed E-state index contributed by atoms with van der Waals surface area (Å²) in [6.07, 6.45) is 2.02. The monoisotopic (exact) mass is 506 g/mol. The SMILES string of the molecule is CCCCN1C(=O)[C@]2(C(=C(O)c3ccc4c(c3)OCCO4)C(=O)C(=O)N2CCCOC)c2ccccc21. The first-order valence-electron chi connectivity index (χ1n) is 12.6. The van der Waals surface area contributed by atoms with Gasteiger partial charge in [0, 0.05) is 37.9 Å². The molecule has 1 atom stereocenters. The van der Waals surface area contributed by atoms with E-state index in [1.807, 2.05) is 19.1 Å². The Hall–Kier alpha value is -3.85. The molecule has 37 heavy (non-hydrogen) atoms. The summed E-state index contributed by atoms with van der Waals surface area (Å²) in [5.41, 5.74) is -0.609. The number of amides is 2. The van der Waals surface area contributed by atoms with Crippen molar-refractivity contribution in [3.63, 3.8) is 0 Å². The third kappa shape index (κ3) is 3.76. The summed E-state index contributed by atoms with van der Waals surface area (Å²) < 4.78 is 16.4. The van der Waals surface area contributed by atoms with Gasteiger partial charge < -0.3 is 29.1 Å². The molecule has 0 saturated carbocycles. The summed E-state index contributed by atoms with van der Waals surface area (Å²) in [5, 5.41) is 11.6. The van der Waals surface area contributed by atoms with Crippen molar-refractivity contribution in [3.8, 4) is 11.5 Å². The second-order valence-electron chi connectivity index (χ2n) is 9.25. The highest BCUT2D eigenvalue weighted by Gasteiger charge is 2.66. The van der Waals surface area contributed by atoms with Gasteiger partial charge in [0.2, 0.25) is 0 Å². The predicted molar refractivity (Wildman–Crippen MR) is 136 cm³/mol. The van der Waals surface area contributed by atoms with Crippen molar-refractivity contribution in [2.24, 2.45) is 0 Å². The molecule has 3 heterocycles. The number of ketones is 1. The van der Waals surface area contributed by atoms with Gasteiger partial charge in [0.05, 0.1) is 11.3 Å². The molecule has 0 aliphatic carbocycles. The number of nitrogens with zero attached hydrogens (tertiary/aromatic N) is 2. The molecule has 2 amide bonds. The molecule has 5 rings (SSSR count). The minimum Gasteiger partial charge on any atom is -0.507 e. The number of aliphatic hydroxyl groups is 1. The molecule has 0 radical (unpaired) electrons. The molecule has 3 aliphatic rings. The number of methoxy groups -OCH3 is 1. The van der Waals surface area contributed by atoms with E-state index >= 15 is 0 Å². The fourth-order valence-corrected chi connectivity index (χ4v) is 5.41. The van der Waals surface area contributed by atoms with E-state index in [9.17, 15) is 19.5 Å². The second kappa shape index (κ2) is 9.89. The number of benzene rings is 2. The number of unbranched alkanes of at least 4 members (excludes halogenated alkanes) is 1. The summed E-state index contributed by atoms with van der Waals surface area (Å²) in [5.74, 6) is -1.63. The lowest BCUT2D eigenvalue weighted by molar-refractivity contribution is -0.143. The van der Waals surface area contributed by atoms with Crippen LogP contribution in [0.2, 0.25) is 0 Å². The minimum absolute atomic E-state index is 0.109. The highest BCUT2D eigenvalue weighted by atomic mass is 16.6. The molecule has 1 N–H and O–H groups in total. The van der Waals surface area contributed by atoms with Crippen LogP contribution in [0.5, 0.6) is 11.5 Å². The number of carbonyl (C=O) groups is 3. The zero-order chi connectivity index (χ0) is 26.2. The van der Waals surface area contributed by atoms with Crippen LogP contribution in [-0.2, 0) is 24.7 Å². The molecule has 1 spiro atoms. The molecule has 9 heteroatoms.